The van der Waals surface area contributed by atoms with E-state index in [1.165, 1.54) is 0 Å². The van der Waals surface area contributed by atoms with E-state index in [0.29, 0.717) is 92.5 Å². The second kappa shape index (κ2) is 26.2. The Morgan fingerprint density at radius 2 is 0.917 bits per heavy atom. The molecule has 0 rings (SSSR count). The van der Waals surface area contributed by atoms with Crippen molar-refractivity contribution in [2.24, 2.45) is 11.5 Å². The zero-order chi connectivity index (χ0) is 26.7. The van der Waals surface area contributed by atoms with Crippen molar-refractivity contribution in [3.05, 3.63) is 0 Å². The van der Waals surface area contributed by atoms with Crippen LogP contribution in [0, 0.1) is 0 Å². The zero-order valence-corrected chi connectivity index (χ0v) is 21.2. The number of amides is 3. The molecule has 1 unspecified atom stereocenters. The molecule has 0 aliphatic heterocycles. The molecule has 0 aliphatic rings. The second-order valence-electron chi connectivity index (χ2n) is 7.22. The van der Waals surface area contributed by atoms with E-state index >= 15 is 0 Å². The summed E-state index contributed by atoms with van der Waals surface area (Å²) < 4.78 is 42.3. The first kappa shape index (κ1) is 34.1. The van der Waals surface area contributed by atoms with Gasteiger partial charge < -0.3 is 54.7 Å². The quantitative estimate of drug-likeness (QED) is 0.0957. The van der Waals surface area contributed by atoms with E-state index in [2.05, 4.69) is 5.32 Å². The summed E-state index contributed by atoms with van der Waals surface area (Å²) in [6, 6.07) is -1.12. The molecule has 0 heterocycles. The number of hydrogen-bond donors (Lipinski definition) is 3. The van der Waals surface area contributed by atoms with E-state index in [-0.39, 0.29) is 19.4 Å². The average Bonchev–Trinajstić information content (AvgIpc) is 2.83. The molecule has 0 aromatic rings. The van der Waals surface area contributed by atoms with Gasteiger partial charge in [0.2, 0.25) is 17.7 Å². The van der Waals surface area contributed by atoms with Gasteiger partial charge in [0.15, 0.2) is 0 Å². The molecule has 0 saturated heterocycles. The number of carbonyl (C=O) groups excluding carboxylic acids is 3. The minimum Gasteiger partial charge on any atom is -0.382 e. The summed E-state index contributed by atoms with van der Waals surface area (Å²) in [7, 11) is 1.63. The van der Waals surface area contributed by atoms with Crippen LogP contribution in [0.2, 0.25) is 0 Å². The van der Waals surface area contributed by atoms with Gasteiger partial charge in [-0.15, -0.1) is 0 Å². The summed E-state index contributed by atoms with van der Waals surface area (Å²) >= 11 is 0. The normalized spacial score (nSPS) is 11.9. The first-order valence-electron chi connectivity index (χ1n) is 11.9. The third-order valence-electron chi connectivity index (χ3n) is 4.22. The molecule has 0 spiro atoms. The van der Waals surface area contributed by atoms with Crippen molar-refractivity contribution in [2.75, 3.05) is 106 Å². The maximum atomic E-state index is 11.7. The van der Waals surface area contributed by atoms with E-state index in [1.54, 1.807) is 7.11 Å². The highest BCUT2D eigenvalue weighted by Crippen LogP contribution is 1.93. The van der Waals surface area contributed by atoms with Crippen LogP contribution in [0.25, 0.3) is 0 Å². The number of ether oxygens (including phenoxy) is 8. The van der Waals surface area contributed by atoms with Crippen LogP contribution in [0.15, 0.2) is 0 Å². The fourth-order valence-corrected chi connectivity index (χ4v) is 2.42. The van der Waals surface area contributed by atoms with E-state index in [9.17, 15) is 14.4 Å². The van der Waals surface area contributed by atoms with Gasteiger partial charge in [0.25, 0.3) is 0 Å². The summed E-state index contributed by atoms with van der Waals surface area (Å²) in [4.78, 5) is 33.8. The Morgan fingerprint density at radius 3 is 1.22 bits per heavy atom. The molecule has 0 saturated carbocycles. The van der Waals surface area contributed by atoms with Crippen molar-refractivity contribution in [1.29, 1.82) is 0 Å². The maximum Gasteiger partial charge on any atom is 0.240 e. The molecule has 14 heteroatoms. The van der Waals surface area contributed by atoms with Crippen molar-refractivity contribution < 1.29 is 52.3 Å². The summed E-state index contributed by atoms with van der Waals surface area (Å²) in [5.41, 5.74) is 10.1. The Kier molecular flexibility index (Phi) is 24.8. The lowest BCUT2D eigenvalue weighted by molar-refractivity contribution is -0.130. The number of carbonyl (C=O) groups is 3. The minimum atomic E-state index is -1.12. The van der Waals surface area contributed by atoms with Gasteiger partial charge in [0, 0.05) is 13.5 Å². The van der Waals surface area contributed by atoms with Gasteiger partial charge in [0.1, 0.15) is 6.04 Å². The molecular weight excluding hydrogens is 482 g/mol. The van der Waals surface area contributed by atoms with Gasteiger partial charge in [-0.3, -0.25) is 14.4 Å². The van der Waals surface area contributed by atoms with Crippen molar-refractivity contribution in [1.82, 2.24) is 5.32 Å². The predicted molar refractivity (Wildman–Crippen MR) is 127 cm³/mol. The Morgan fingerprint density at radius 1 is 0.583 bits per heavy atom. The first-order chi connectivity index (χ1) is 17.5. The molecule has 36 heavy (non-hydrogen) atoms. The third-order valence-corrected chi connectivity index (χ3v) is 4.22. The van der Waals surface area contributed by atoms with Gasteiger partial charge in [-0.05, 0) is 0 Å². The number of primary amides is 2. The van der Waals surface area contributed by atoms with Gasteiger partial charge in [-0.25, -0.2) is 0 Å². The van der Waals surface area contributed by atoms with Crippen LogP contribution in [-0.4, -0.2) is 130 Å². The van der Waals surface area contributed by atoms with Gasteiger partial charge >= 0.3 is 0 Å². The fourth-order valence-electron chi connectivity index (χ4n) is 2.42. The molecule has 0 aromatic carbocycles. The molecule has 5 N–H and O–H groups in total. The average molecular weight is 526 g/mol. The van der Waals surface area contributed by atoms with Crippen molar-refractivity contribution in [3.63, 3.8) is 0 Å². The smallest absolute Gasteiger partial charge is 0.240 e. The highest BCUT2D eigenvalue weighted by molar-refractivity contribution is 5.90. The number of nitrogens with two attached hydrogens (primary N) is 2. The molecule has 212 valence electrons. The summed E-state index contributed by atoms with van der Waals surface area (Å²) in [5.74, 6) is -2.02. The largest absolute Gasteiger partial charge is 0.382 e. The van der Waals surface area contributed by atoms with Crippen molar-refractivity contribution >= 4 is 17.7 Å². The minimum absolute atomic E-state index is 0.00952. The standard InChI is InChI=1S/C22H43N3O11/c1-29-4-5-31-8-9-33-12-13-35-16-17-36-15-14-34-11-10-32-7-6-30-3-2-21(27)25-19(22(24)28)18-20(23)26/h19H,2-18H2,1H3,(H2,23,26)(H2,24,28)(H,25,27). The number of methoxy groups -OCH3 is 1. The Balaban J connectivity index is 3.27. The van der Waals surface area contributed by atoms with Gasteiger partial charge in [-0.1, -0.05) is 0 Å². The summed E-state index contributed by atoms with van der Waals surface area (Å²) in [5, 5.41) is 2.34. The van der Waals surface area contributed by atoms with E-state index in [4.69, 9.17) is 49.4 Å². The topological polar surface area (TPSA) is 189 Å². The molecular formula is C22H43N3O11. The van der Waals surface area contributed by atoms with E-state index in [0.717, 1.165) is 0 Å². The van der Waals surface area contributed by atoms with Crippen molar-refractivity contribution in [2.45, 2.75) is 18.9 Å². The van der Waals surface area contributed by atoms with Gasteiger partial charge in [-0.2, -0.15) is 0 Å². The van der Waals surface area contributed by atoms with Crippen LogP contribution in [0.5, 0.6) is 0 Å². The molecule has 0 radical (unpaired) electrons. The van der Waals surface area contributed by atoms with E-state index in [1.807, 2.05) is 0 Å². The lowest BCUT2D eigenvalue weighted by Crippen LogP contribution is -2.46. The first-order valence-corrected chi connectivity index (χ1v) is 11.9. The van der Waals surface area contributed by atoms with Crippen LogP contribution < -0.4 is 16.8 Å². The number of hydrogen-bond acceptors (Lipinski definition) is 11. The Bertz CT molecular complexity index is 555. The Labute approximate surface area is 212 Å². The molecule has 1 atom stereocenters. The lowest BCUT2D eigenvalue weighted by Gasteiger charge is -2.13. The van der Waals surface area contributed by atoms with Crippen LogP contribution >= 0.6 is 0 Å². The van der Waals surface area contributed by atoms with Crippen LogP contribution in [0.1, 0.15) is 12.8 Å². The van der Waals surface area contributed by atoms with Crippen LogP contribution in [0.3, 0.4) is 0 Å². The van der Waals surface area contributed by atoms with Crippen LogP contribution in [-0.2, 0) is 52.3 Å². The summed E-state index contributed by atoms with van der Waals surface area (Å²) in [6.45, 7) is 6.66. The molecule has 0 fully saturated rings. The van der Waals surface area contributed by atoms with Crippen LogP contribution in [0.4, 0.5) is 0 Å². The number of nitrogens with one attached hydrogen (secondary N) is 1. The third kappa shape index (κ3) is 25.2. The molecule has 0 aliphatic carbocycles. The molecule has 0 bridgehead atoms. The zero-order valence-electron chi connectivity index (χ0n) is 21.2. The van der Waals surface area contributed by atoms with Crippen molar-refractivity contribution in [3.8, 4) is 0 Å². The maximum absolute atomic E-state index is 11.7. The summed E-state index contributed by atoms with van der Waals surface area (Å²) in [6.07, 6.45) is -0.336. The SMILES string of the molecule is COCCOCCOCCOCCOCCOCCOCCOCCC(=O)NC(CC(N)=O)C(N)=O. The highest BCUT2D eigenvalue weighted by Gasteiger charge is 2.19. The fraction of sp³-hybridized carbons (Fsp3) is 0.864. The predicted octanol–water partition coefficient (Wildman–Crippen LogP) is -2.02. The lowest BCUT2D eigenvalue weighted by atomic mass is 10.2. The molecule has 3 amide bonds. The highest BCUT2D eigenvalue weighted by atomic mass is 16.6. The monoisotopic (exact) mass is 525 g/mol. The number of rotatable bonds is 28. The molecule has 0 aromatic heterocycles. The van der Waals surface area contributed by atoms with Gasteiger partial charge in [0.05, 0.1) is 106 Å². The Hall–Kier alpha value is -1.91. The van der Waals surface area contributed by atoms with E-state index < -0.39 is 23.8 Å². The molecule has 14 nitrogen and oxygen atoms in total. The second-order valence-corrected chi connectivity index (χ2v) is 7.22.